The molecule has 0 aliphatic carbocycles. The third-order valence-corrected chi connectivity index (χ3v) is 1.28. The number of pyridine rings is 1. The zero-order chi connectivity index (χ0) is 7.68. The molecule has 4 heteroatoms. The zero-order valence-corrected chi connectivity index (χ0v) is 5.52. The van der Waals surface area contributed by atoms with Crippen molar-refractivity contribution in [3.8, 4) is 0 Å². The third kappa shape index (κ3) is 0.881. The second kappa shape index (κ2) is 2.16. The fourth-order valence-corrected chi connectivity index (χ4v) is 0.837. The van der Waals surface area contributed by atoms with Gasteiger partial charge in [-0.25, -0.2) is 9.97 Å². The van der Waals surface area contributed by atoms with E-state index in [-0.39, 0.29) is 5.89 Å². The van der Waals surface area contributed by atoms with Crippen LogP contribution in [0.3, 0.4) is 0 Å². The highest BCUT2D eigenvalue weighted by molar-refractivity contribution is 5.76. The lowest BCUT2D eigenvalue weighted by atomic mass is 10.4. The molecule has 0 bridgehead atoms. The molecule has 0 fully saturated rings. The van der Waals surface area contributed by atoms with Crippen molar-refractivity contribution in [2.24, 2.45) is 0 Å². The molecule has 2 aromatic heterocycles. The molecule has 0 saturated carbocycles. The van der Waals surface area contributed by atoms with E-state index in [1.165, 1.54) is 0 Å². The van der Waals surface area contributed by atoms with E-state index in [1.54, 1.807) is 18.3 Å². The summed E-state index contributed by atoms with van der Waals surface area (Å²) in [5.74, 6) is 0.0682. The fourth-order valence-electron chi connectivity index (χ4n) is 0.837. The highest BCUT2D eigenvalue weighted by Crippen LogP contribution is 2.09. The van der Waals surface area contributed by atoms with Crippen LogP contribution in [0, 0.1) is 0 Å². The van der Waals surface area contributed by atoms with Crippen LogP contribution >= 0.6 is 0 Å². The van der Waals surface area contributed by atoms with E-state index in [0.29, 0.717) is 17.5 Å². The number of aromatic nitrogens is 2. The molecule has 0 unspecified atom stereocenters. The SMILES string of the molecule is O=Cc1nc2cccnc2o1. The number of hydrogen-bond donors (Lipinski definition) is 0. The molecule has 54 valence electrons. The summed E-state index contributed by atoms with van der Waals surface area (Å²) >= 11 is 0. The second-order valence-corrected chi connectivity index (χ2v) is 2.00. The summed E-state index contributed by atoms with van der Waals surface area (Å²) < 4.78 is 4.93. The van der Waals surface area contributed by atoms with Gasteiger partial charge in [0.05, 0.1) is 0 Å². The fraction of sp³-hybridized carbons (Fsp3) is 0. The molecule has 4 nitrogen and oxygen atoms in total. The minimum Gasteiger partial charge on any atom is -0.415 e. The van der Waals surface area contributed by atoms with Crippen LogP contribution in [0.15, 0.2) is 22.7 Å². The van der Waals surface area contributed by atoms with Gasteiger partial charge in [0.2, 0.25) is 12.0 Å². The molecule has 0 spiro atoms. The molecule has 0 amide bonds. The lowest BCUT2D eigenvalue weighted by Gasteiger charge is -1.78. The smallest absolute Gasteiger partial charge is 0.262 e. The first-order chi connectivity index (χ1) is 5.40. The van der Waals surface area contributed by atoms with Gasteiger partial charge in [-0.05, 0) is 12.1 Å². The molecule has 0 aliphatic heterocycles. The van der Waals surface area contributed by atoms with E-state index in [1.807, 2.05) is 0 Å². The number of hydrogen-bond acceptors (Lipinski definition) is 4. The number of rotatable bonds is 1. The lowest BCUT2D eigenvalue weighted by molar-refractivity contribution is 0.109. The first kappa shape index (κ1) is 6.03. The van der Waals surface area contributed by atoms with Crippen molar-refractivity contribution >= 4 is 17.5 Å². The number of aldehydes is 1. The van der Waals surface area contributed by atoms with Crippen LogP contribution in [0.2, 0.25) is 0 Å². The van der Waals surface area contributed by atoms with Gasteiger partial charge in [0.1, 0.15) is 5.52 Å². The maximum absolute atomic E-state index is 10.2. The molecule has 0 radical (unpaired) electrons. The Morgan fingerprint density at radius 2 is 2.45 bits per heavy atom. The molecule has 0 atom stereocenters. The minimum absolute atomic E-state index is 0.0682. The summed E-state index contributed by atoms with van der Waals surface area (Å²) in [5.41, 5.74) is 1.00. The minimum atomic E-state index is 0.0682. The van der Waals surface area contributed by atoms with Gasteiger partial charge >= 0.3 is 0 Å². The summed E-state index contributed by atoms with van der Waals surface area (Å²) in [6.07, 6.45) is 2.14. The van der Waals surface area contributed by atoms with Crippen molar-refractivity contribution in [2.75, 3.05) is 0 Å². The van der Waals surface area contributed by atoms with Crippen LogP contribution in [0.1, 0.15) is 10.7 Å². The predicted octanol–water partition coefficient (Wildman–Crippen LogP) is 1.04. The molecule has 0 aliphatic rings. The maximum Gasteiger partial charge on any atom is 0.262 e. The van der Waals surface area contributed by atoms with Crippen molar-refractivity contribution in [3.63, 3.8) is 0 Å². The van der Waals surface area contributed by atoms with E-state index >= 15 is 0 Å². The van der Waals surface area contributed by atoms with E-state index in [0.717, 1.165) is 0 Å². The van der Waals surface area contributed by atoms with Crippen LogP contribution in [0.4, 0.5) is 0 Å². The largest absolute Gasteiger partial charge is 0.415 e. The number of nitrogens with zero attached hydrogens (tertiary/aromatic N) is 2. The quantitative estimate of drug-likeness (QED) is 0.567. The van der Waals surface area contributed by atoms with E-state index in [2.05, 4.69) is 9.97 Å². The standard InChI is InChI=1S/C7H4N2O2/c10-4-6-9-5-2-1-3-8-7(5)11-6/h1-4H. The third-order valence-electron chi connectivity index (χ3n) is 1.28. The van der Waals surface area contributed by atoms with Crippen LogP contribution in [0.25, 0.3) is 11.2 Å². The van der Waals surface area contributed by atoms with Crippen LogP contribution in [-0.2, 0) is 0 Å². The van der Waals surface area contributed by atoms with Gasteiger partial charge in [0.25, 0.3) is 5.89 Å². The van der Waals surface area contributed by atoms with Crippen molar-refractivity contribution in [3.05, 3.63) is 24.2 Å². The Morgan fingerprint density at radius 1 is 1.55 bits per heavy atom. The topological polar surface area (TPSA) is 56.0 Å². The Kier molecular flexibility index (Phi) is 1.18. The van der Waals surface area contributed by atoms with Crippen molar-refractivity contribution in [1.82, 2.24) is 9.97 Å². The summed E-state index contributed by atoms with van der Waals surface area (Å²) in [7, 11) is 0. The Bertz CT molecular complexity index is 361. The number of carbonyl (C=O) groups excluding carboxylic acids is 1. The van der Waals surface area contributed by atoms with Gasteiger partial charge in [-0.1, -0.05) is 0 Å². The molecule has 11 heavy (non-hydrogen) atoms. The van der Waals surface area contributed by atoms with Crippen molar-refractivity contribution in [1.29, 1.82) is 0 Å². The van der Waals surface area contributed by atoms with Gasteiger partial charge < -0.3 is 4.42 Å². The first-order valence-corrected chi connectivity index (χ1v) is 3.07. The predicted molar refractivity (Wildman–Crippen MR) is 37.2 cm³/mol. The molecular formula is C7H4N2O2. The number of oxazole rings is 1. The van der Waals surface area contributed by atoms with Crippen molar-refractivity contribution < 1.29 is 9.21 Å². The average molecular weight is 148 g/mol. The lowest BCUT2D eigenvalue weighted by Crippen LogP contribution is -1.74. The Balaban J connectivity index is 2.78. The molecule has 2 rings (SSSR count). The summed E-state index contributed by atoms with van der Waals surface area (Å²) in [5, 5.41) is 0. The van der Waals surface area contributed by atoms with E-state index < -0.39 is 0 Å². The first-order valence-electron chi connectivity index (χ1n) is 3.07. The molecule has 0 N–H and O–H groups in total. The van der Waals surface area contributed by atoms with E-state index in [4.69, 9.17) is 4.42 Å². The molecule has 0 saturated heterocycles. The average Bonchev–Trinajstić information content (AvgIpc) is 2.46. The molecule has 0 aromatic carbocycles. The van der Waals surface area contributed by atoms with Crippen LogP contribution in [-0.4, -0.2) is 16.3 Å². The van der Waals surface area contributed by atoms with Gasteiger partial charge in [0.15, 0.2) is 0 Å². The Hall–Kier alpha value is -1.71. The monoisotopic (exact) mass is 148 g/mol. The second-order valence-electron chi connectivity index (χ2n) is 2.00. The summed E-state index contributed by atoms with van der Waals surface area (Å²) in [4.78, 5) is 17.9. The van der Waals surface area contributed by atoms with E-state index in [9.17, 15) is 4.79 Å². The molecule has 2 aromatic rings. The Morgan fingerprint density at radius 3 is 3.18 bits per heavy atom. The Labute approximate surface area is 61.9 Å². The number of fused-ring (bicyclic) bond motifs is 1. The van der Waals surface area contributed by atoms with Gasteiger partial charge in [-0.3, -0.25) is 4.79 Å². The summed E-state index contributed by atoms with van der Waals surface area (Å²) in [6, 6.07) is 3.47. The van der Waals surface area contributed by atoms with Gasteiger partial charge in [-0.15, -0.1) is 0 Å². The highest BCUT2D eigenvalue weighted by atomic mass is 16.4. The molecule has 2 heterocycles. The highest BCUT2D eigenvalue weighted by Gasteiger charge is 2.02. The van der Waals surface area contributed by atoms with Gasteiger partial charge in [0, 0.05) is 6.20 Å². The van der Waals surface area contributed by atoms with Crippen molar-refractivity contribution in [2.45, 2.75) is 0 Å². The zero-order valence-electron chi connectivity index (χ0n) is 5.52. The molecular weight excluding hydrogens is 144 g/mol. The number of carbonyl (C=O) groups is 1. The maximum atomic E-state index is 10.2. The van der Waals surface area contributed by atoms with Crippen LogP contribution < -0.4 is 0 Å². The summed E-state index contributed by atoms with van der Waals surface area (Å²) in [6.45, 7) is 0. The normalized spacial score (nSPS) is 10.2. The van der Waals surface area contributed by atoms with Gasteiger partial charge in [-0.2, -0.15) is 0 Å². The van der Waals surface area contributed by atoms with Crippen LogP contribution in [0.5, 0.6) is 0 Å².